The van der Waals surface area contributed by atoms with Crippen molar-refractivity contribution in [3.05, 3.63) is 46.5 Å². The Bertz CT molecular complexity index is 825. The number of fused-ring (bicyclic) bond motifs is 1. The highest BCUT2D eigenvalue weighted by Gasteiger charge is 2.09. The standard InChI is InChI=1S/C12H11N7O2/c20-11(10-7-14-17-15-10)13-5-6-19-12(21)8-3-1-2-4-9(8)16-18-19/h1-4,7H,5-6H2,(H,13,20)(H,14,15,17). The van der Waals surface area contributed by atoms with Crippen LogP contribution in [0.15, 0.2) is 35.3 Å². The number of H-pyrrole nitrogens is 1. The van der Waals surface area contributed by atoms with Crippen molar-refractivity contribution in [1.29, 1.82) is 0 Å². The Labute approximate surface area is 118 Å². The van der Waals surface area contributed by atoms with Crippen LogP contribution in [0.4, 0.5) is 0 Å². The number of aromatic amines is 1. The van der Waals surface area contributed by atoms with Gasteiger partial charge in [-0.1, -0.05) is 17.3 Å². The maximum absolute atomic E-state index is 12.2. The molecule has 1 aromatic carbocycles. The number of carbonyl (C=O) groups excluding carboxylic acids is 1. The molecular weight excluding hydrogens is 274 g/mol. The van der Waals surface area contributed by atoms with Gasteiger partial charge in [-0.2, -0.15) is 15.4 Å². The van der Waals surface area contributed by atoms with E-state index in [4.69, 9.17) is 0 Å². The van der Waals surface area contributed by atoms with Gasteiger partial charge >= 0.3 is 0 Å². The molecule has 106 valence electrons. The van der Waals surface area contributed by atoms with Gasteiger partial charge in [0.2, 0.25) is 0 Å². The average Bonchev–Trinajstić information content (AvgIpc) is 3.04. The molecule has 0 unspecified atom stereocenters. The van der Waals surface area contributed by atoms with Gasteiger partial charge < -0.3 is 5.32 Å². The molecule has 0 saturated carbocycles. The van der Waals surface area contributed by atoms with Crippen LogP contribution in [0, 0.1) is 0 Å². The minimum atomic E-state index is -0.370. The zero-order valence-corrected chi connectivity index (χ0v) is 10.9. The third-order valence-electron chi connectivity index (χ3n) is 2.89. The summed E-state index contributed by atoms with van der Waals surface area (Å²) in [7, 11) is 0. The van der Waals surface area contributed by atoms with Crippen molar-refractivity contribution in [3.63, 3.8) is 0 Å². The summed E-state index contributed by atoms with van der Waals surface area (Å²) in [6, 6.07) is 6.97. The van der Waals surface area contributed by atoms with E-state index >= 15 is 0 Å². The maximum atomic E-state index is 12.2. The first-order valence-electron chi connectivity index (χ1n) is 6.22. The van der Waals surface area contributed by atoms with E-state index in [-0.39, 0.29) is 30.2 Å². The van der Waals surface area contributed by atoms with E-state index in [0.29, 0.717) is 10.9 Å². The number of hydrogen-bond acceptors (Lipinski definition) is 6. The van der Waals surface area contributed by atoms with Crippen LogP contribution in [0.2, 0.25) is 0 Å². The molecule has 1 amide bonds. The van der Waals surface area contributed by atoms with Gasteiger partial charge in [0, 0.05) is 6.54 Å². The fourth-order valence-electron chi connectivity index (χ4n) is 1.85. The number of rotatable bonds is 4. The van der Waals surface area contributed by atoms with Crippen molar-refractivity contribution in [2.75, 3.05) is 6.54 Å². The Morgan fingerprint density at radius 1 is 1.33 bits per heavy atom. The van der Waals surface area contributed by atoms with E-state index in [9.17, 15) is 9.59 Å². The second kappa shape index (κ2) is 5.49. The highest BCUT2D eigenvalue weighted by atomic mass is 16.2. The summed E-state index contributed by atoms with van der Waals surface area (Å²) in [5.74, 6) is -0.370. The normalized spacial score (nSPS) is 10.7. The Kier molecular flexibility index (Phi) is 3.37. The monoisotopic (exact) mass is 285 g/mol. The van der Waals surface area contributed by atoms with Gasteiger partial charge in [0.25, 0.3) is 11.5 Å². The second-order valence-corrected chi connectivity index (χ2v) is 4.25. The van der Waals surface area contributed by atoms with Gasteiger partial charge in [-0.3, -0.25) is 9.59 Å². The van der Waals surface area contributed by atoms with E-state index in [1.54, 1.807) is 24.3 Å². The number of benzene rings is 1. The second-order valence-electron chi connectivity index (χ2n) is 4.25. The highest BCUT2D eigenvalue weighted by Crippen LogP contribution is 2.02. The molecule has 0 radical (unpaired) electrons. The Balaban J connectivity index is 1.70. The quantitative estimate of drug-likeness (QED) is 0.657. The molecule has 0 atom stereocenters. The molecule has 2 heterocycles. The van der Waals surface area contributed by atoms with Crippen LogP contribution >= 0.6 is 0 Å². The summed E-state index contributed by atoms with van der Waals surface area (Å²) in [6.07, 6.45) is 1.32. The van der Waals surface area contributed by atoms with E-state index < -0.39 is 0 Å². The lowest BCUT2D eigenvalue weighted by Gasteiger charge is -2.05. The predicted molar refractivity (Wildman–Crippen MR) is 72.5 cm³/mol. The topological polar surface area (TPSA) is 118 Å². The van der Waals surface area contributed by atoms with Crippen LogP contribution in [-0.2, 0) is 6.54 Å². The molecule has 0 aliphatic heterocycles. The highest BCUT2D eigenvalue weighted by molar-refractivity contribution is 5.91. The van der Waals surface area contributed by atoms with Crippen LogP contribution in [0.25, 0.3) is 10.9 Å². The van der Waals surface area contributed by atoms with Crippen LogP contribution in [0.3, 0.4) is 0 Å². The van der Waals surface area contributed by atoms with Gasteiger partial charge in [0.05, 0.1) is 18.1 Å². The minimum absolute atomic E-state index is 0.187. The van der Waals surface area contributed by atoms with Crippen LogP contribution < -0.4 is 10.9 Å². The van der Waals surface area contributed by atoms with Gasteiger partial charge in [0.15, 0.2) is 5.69 Å². The molecular formula is C12H11N7O2. The van der Waals surface area contributed by atoms with Crippen LogP contribution in [0.5, 0.6) is 0 Å². The number of aromatic nitrogens is 6. The first kappa shape index (κ1) is 12.9. The molecule has 9 heteroatoms. The third-order valence-corrected chi connectivity index (χ3v) is 2.89. The lowest BCUT2D eigenvalue weighted by molar-refractivity contribution is 0.0946. The molecule has 21 heavy (non-hydrogen) atoms. The van der Waals surface area contributed by atoms with Gasteiger partial charge in [-0.05, 0) is 12.1 Å². The number of nitrogens with one attached hydrogen (secondary N) is 2. The lowest BCUT2D eigenvalue weighted by Crippen LogP contribution is -2.32. The molecule has 0 aliphatic rings. The van der Waals surface area contributed by atoms with Crippen LogP contribution in [0.1, 0.15) is 10.5 Å². The number of hydrogen-bond donors (Lipinski definition) is 2. The minimum Gasteiger partial charge on any atom is -0.349 e. The Morgan fingerprint density at radius 3 is 3.00 bits per heavy atom. The third kappa shape index (κ3) is 2.61. The molecule has 0 bridgehead atoms. The largest absolute Gasteiger partial charge is 0.349 e. The van der Waals surface area contributed by atoms with E-state index in [1.165, 1.54) is 10.9 Å². The van der Waals surface area contributed by atoms with Crippen molar-refractivity contribution in [2.45, 2.75) is 6.54 Å². The number of nitrogens with zero attached hydrogens (tertiary/aromatic N) is 5. The molecule has 3 aromatic rings. The van der Waals surface area contributed by atoms with Crippen molar-refractivity contribution >= 4 is 16.8 Å². The SMILES string of the molecule is O=C(NCCn1nnc2ccccc2c1=O)c1cn[nH]n1. The van der Waals surface area contributed by atoms with E-state index in [2.05, 4.69) is 31.0 Å². The van der Waals surface area contributed by atoms with Crippen molar-refractivity contribution in [1.82, 2.24) is 35.7 Å². The van der Waals surface area contributed by atoms with E-state index in [0.717, 1.165) is 0 Å². The number of carbonyl (C=O) groups is 1. The fraction of sp³-hybridized carbons (Fsp3) is 0.167. The molecule has 0 spiro atoms. The predicted octanol–water partition coefficient (Wildman–Crippen LogP) is -0.660. The first-order chi connectivity index (χ1) is 10.3. The Hall–Kier alpha value is -3.10. The van der Waals surface area contributed by atoms with Crippen molar-refractivity contribution < 1.29 is 4.79 Å². The van der Waals surface area contributed by atoms with Crippen molar-refractivity contribution in [3.8, 4) is 0 Å². The number of amides is 1. The zero-order valence-electron chi connectivity index (χ0n) is 10.9. The van der Waals surface area contributed by atoms with Gasteiger partial charge in [-0.15, -0.1) is 5.10 Å². The Morgan fingerprint density at radius 2 is 2.19 bits per heavy atom. The summed E-state index contributed by atoms with van der Waals surface area (Å²) in [4.78, 5) is 23.8. The lowest BCUT2D eigenvalue weighted by atomic mass is 10.2. The smallest absolute Gasteiger partial charge is 0.277 e. The van der Waals surface area contributed by atoms with Gasteiger partial charge in [0.1, 0.15) is 5.52 Å². The first-order valence-corrected chi connectivity index (χ1v) is 6.22. The zero-order chi connectivity index (χ0) is 14.7. The van der Waals surface area contributed by atoms with E-state index in [1.807, 2.05) is 0 Å². The molecule has 9 nitrogen and oxygen atoms in total. The van der Waals surface area contributed by atoms with Gasteiger partial charge in [-0.25, -0.2) is 4.68 Å². The maximum Gasteiger partial charge on any atom is 0.277 e. The summed E-state index contributed by atoms with van der Waals surface area (Å²) in [5, 5.41) is 20.5. The molecule has 2 N–H and O–H groups in total. The summed E-state index contributed by atoms with van der Waals surface area (Å²) in [6.45, 7) is 0.457. The van der Waals surface area contributed by atoms with Crippen LogP contribution in [-0.4, -0.2) is 42.9 Å². The molecule has 0 fully saturated rings. The summed E-state index contributed by atoms with van der Waals surface area (Å²) < 4.78 is 1.21. The molecule has 3 rings (SSSR count). The molecule has 0 aliphatic carbocycles. The molecule has 2 aromatic heterocycles. The summed E-state index contributed by atoms with van der Waals surface area (Å²) >= 11 is 0. The molecule has 0 saturated heterocycles. The average molecular weight is 285 g/mol. The fourth-order valence-corrected chi connectivity index (χ4v) is 1.85. The van der Waals surface area contributed by atoms with Crippen molar-refractivity contribution in [2.24, 2.45) is 0 Å². The summed E-state index contributed by atoms with van der Waals surface area (Å²) in [5.41, 5.74) is 0.494.